The van der Waals surface area contributed by atoms with Crippen LogP contribution in [0.25, 0.3) is 0 Å². The average molecular weight is 322 g/mol. The minimum Gasteiger partial charge on any atom is -0.377 e. The van der Waals surface area contributed by atoms with Crippen molar-refractivity contribution in [1.82, 2.24) is 4.98 Å². The van der Waals surface area contributed by atoms with E-state index >= 15 is 0 Å². The number of aromatic nitrogens is 1. The highest BCUT2D eigenvalue weighted by molar-refractivity contribution is 8.00. The van der Waals surface area contributed by atoms with E-state index in [1.165, 1.54) is 6.42 Å². The molecule has 0 saturated carbocycles. The third-order valence-electron chi connectivity index (χ3n) is 4.22. The summed E-state index contributed by atoms with van der Waals surface area (Å²) in [5, 5.41) is 0. The molecule has 22 heavy (non-hydrogen) atoms. The van der Waals surface area contributed by atoms with Crippen LogP contribution in [0.2, 0.25) is 0 Å². The van der Waals surface area contributed by atoms with Crippen molar-refractivity contribution in [2.45, 2.75) is 38.2 Å². The minimum atomic E-state index is -0.161. The Bertz CT molecular complexity index is 581. The summed E-state index contributed by atoms with van der Waals surface area (Å²) in [4.78, 5) is 28.8. The predicted molar refractivity (Wildman–Crippen MR) is 88.7 cm³/mol. The lowest BCUT2D eigenvalue weighted by atomic mass is 10.0. The van der Waals surface area contributed by atoms with Crippen LogP contribution in [0.15, 0.2) is 17.1 Å². The molecule has 2 aliphatic rings. The lowest BCUT2D eigenvalue weighted by molar-refractivity contribution is -0.116. The summed E-state index contributed by atoms with van der Waals surface area (Å²) in [5.74, 6) is 1.30. The molecule has 1 aromatic heterocycles. The predicted octanol–water partition coefficient (Wildman–Crippen LogP) is 1.96. The average Bonchev–Trinajstić information content (AvgIpc) is 2.55. The number of H-pyrrole nitrogens is 1. The van der Waals surface area contributed by atoms with Crippen LogP contribution < -0.4 is 10.5 Å². The summed E-state index contributed by atoms with van der Waals surface area (Å²) >= 11 is 1.61. The van der Waals surface area contributed by atoms with E-state index in [2.05, 4.69) is 4.98 Å². The fraction of sp³-hybridized carbons (Fsp3) is 0.625. The van der Waals surface area contributed by atoms with E-state index in [9.17, 15) is 9.59 Å². The first-order chi connectivity index (χ1) is 10.8. The molecule has 3 heterocycles. The molecule has 1 aromatic rings. The first-order valence-corrected chi connectivity index (χ1v) is 9.11. The van der Waals surface area contributed by atoms with Gasteiger partial charge < -0.3 is 14.6 Å². The van der Waals surface area contributed by atoms with Crippen LogP contribution in [-0.4, -0.2) is 41.7 Å². The molecule has 1 amide bonds. The Morgan fingerprint density at radius 3 is 3.14 bits per heavy atom. The van der Waals surface area contributed by atoms with Gasteiger partial charge in [-0.3, -0.25) is 9.59 Å². The quantitative estimate of drug-likeness (QED) is 0.920. The lowest BCUT2D eigenvalue weighted by Gasteiger charge is -2.28. The van der Waals surface area contributed by atoms with Crippen LogP contribution in [0.5, 0.6) is 0 Å². The summed E-state index contributed by atoms with van der Waals surface area (Å²) in [6.07, 6.45) is 7.17. The topological polar surface area (TPSA) is 62.4 Å². The van der Waals surface area contributed by atoms with Gasteiger partial charge in [0.2, 0.25) is 5.91 Å². The molecule has 1 unspecified atom stereocenters. The molecule has 0 bridgehead atoms. The van der Waals surface area contributed by atoms with E-state index in [-0.39, 0.29) is 17.6 Å². The molecule has 1 atom stereocenters. The van der Waals surface area contributed by atoms with Gasteiger partial charge in [-0.2, -0.15) is 0 Å². The Balaban J connectivity index is 1.58. The van der Waals surface area contributed by atoms with Gasteiger partial charge >= 0.3 is 0 Å². The van der Waals surface area contributed by atoms with Gasteiger partial charge in [-0.05, 0) is 43.7 Å². The van der Waals surface area contributed by atoms with Crippen molar-refractivity contribution >= 4 is 23.4 Å². The zero-order valence-electron chi connectivity index (χ0n) is 12.7. The monoisotopic (exact) mass is 322 g/mol. The number of nitrogens with one attached hydrogen (secondary N) is 1. The zero-order chi connectivity index (χ0) is 15.4. The second-order valence-electron chi connectivity index (χ2n) is 5.83. The number of carbonyl (C=O) groups is 1. The first kappa shape index (κ1) is 15.6. The van der Waals surface area contributed by atoms with Gasteiger partial charge in [0.05, 0.1) is 11.9 Å². The molecular weight excluding hydrogens is 300 g/mol. The highest BCUT2D eigenvalue weighted by Gasteiger charge is 2.25. The number of pyridine rings is 1. The van der Waals surface area contributed by atoms with E-state index in [1.54, 1.807) is 22.9 Å². The molecule has 1 saturated heterocycles. The van der Waals surface area contributed by atoms with Gasteiger partial charge in [0.15, 0.2) is 0 Å². The van der Waals surface area contributed by atoms with E-state index in [0.717, 1.165) is 43.6 Å². The molecule has 6 heteroatoms. The number of carbonyl (C=O) groups excluding carboxylic acids is 1. The maximum Gasteiger partial charge on any atom is 0.272 e. The lowest BCUT2D eigenvalue weighted by Crippen LogP contribution is -2.40. The number of nitrogens with zero attached hydrogens (tertiary/aromatic N) is 1. The number of thioether (sulfide) groups is 1. The number of aromatic amines is 1. The fourth-order valence-electron chi connectivity index (χ4n) is 3.09. The molecule has 1 fully saturated rings. The standard InChI is InChI=1S/C16H22N2O3S/c19-14(11-22-10-13-5-1-2-9-21-13)18-8-3-4-12-6-7-17-16(20)15(12)18/h6-7,13H,1-5,8-11H2,(H,17,20). The summed E-state index contributed by atoms with van der Waals surface area (Å²) in [5.41, 5.74) is 1.36. The van der Waals surface area contributed by atoms with Gasteiger partial charge in [-0.25, -0.2) is 0 Å². The van der Waals surface area contributed by atoms with E-state index in [0.29, 0.717) is 18.0 Å². The van der Waals surface area contributed by atoms with Crippen LogP contribution in [0.1, 0.15) is 31.2 Å². The largest absolute Gasteiger partial charge is 0.377 e. The van der Waals surface area contributed by atoms with Gasteiger partial charge in [0.1, 0.15) is 5.69 Å². The summed E-state index contributed by atoms with van der Waals surface area (Å²) in [7, 11) is 0. The second kappa shape index (κ2) is 7.33. The minimum absolute atomic E-state index is 0.0264. The van der Waals surface area contributed by atoms with Crippen LogP contribution >= 0.6 is 11.8 Å². The summed E-state index contributed by atoms with van der Waals surface area (Å²) < 4.78 is 5.68. The fourth-order valence-corrected chi connectivity index (χ4v) is 4.07. The second-order valence-corrected chi connectivity index (χ2v) is 6.86. The van der Waals surface area contributed by atoms with Crippen molar-refractivity contribution in [1.29, 1.82) is 0 Å². The van der Waals surface area contributed by atoms with Crippen LogP contribution in [-0.2, 0) is 16.0 Å². The molecule has 5 nitrogen and oxygen atoms in total. The zero-order valence-corrected chi connectivity index (χ0v) is 13.5. The molecule has 120 valence electrons. The Labute approximate surface area is 134 Å². The van der Waals surface area contributed by atoms with E-state index < -0.39 is 0 Å². The number of rotatable bonds is 4. The van der Waals surface area contributed by atoms with E-state index in [4.69, 9.17) is 4.74 Å². The SMILES string of the molecule is O=C(CSCC1CCCCO1)N1CCCc2cc[nH]c(=O)c21. The van der Waals surface area contributed by atoms with Crippen molar-refractivity contribution in [3.05, 3.63) is 28.2 Å². The van der Waals surface area contributed by atoms with Crippen LogP contribution in [0.3, 0.4) is 0 Å². The van der Waals surface area contributed by atoms with Crippen LogP contribution in [0.4, 0.5) is 5.69 Å². The number of aryl methyl sites for hydroxylation is 1. The molecule has 0 spiro atoms. The van der Waals surface area contributed by atoms with E-state index in [1.807, 2.05) is 6.07 Å². The number of ether oxygens (including phenoxy) is 1. The van der Waals surface area contributed by atoms with Gasteiger partial charge in [0.25, 0.3) is 5.56 Å². The highest BCUT2D eigenvalue weighted by Crippen LogP contribution is 2.24. The number of hydrogen-bond donors (Lipinski definition) is 1. The Morgan fingerprint density at radius 1 is 1.41 bits per heavy atom. The first-order valence-electron chi connectivity index (χ1n) is 7.96. The number of amides is 1. The Morgan fingerprint density at radius 2 is 2.32 bits per heavy atom. The molecule has 0 radical (unpaired) electrons. The third kappa shape index (κ3) is 3.55. The van der Waals surface area contributed by atoms with Crippen LogP contribution in [0, 0.1) is 0 Å². The van der Waals surface area contributed by atoms with Crippen molar-refractivity contribution in [3.8, 4) is 0 Å². The van der Waals surface area contributed by atoms with Crippen molar-refractivity contribution in [2.75, 3.05) is 29.6 Å². The molecule has 0 aliphatic carbocycles. The maximum atomic E-state index is 12.5. The summed E-state index contributed by atoms with van der Waals surface area (Å²) in [6, 6.07) is 1.90. The Hall–Kier alpha value is -1.27. The highest BCUT2D eigenvalue weighted by atomic mass is 32.2. The smallest absolute Gasteiger partial charge is 0.272 e. The Kier molecular flexibility index (Phi) is 5.20. The molecule has 2 aliphatic heterocycles. The molecule has 0 aromatic carbocycles. The molecule has 3 rings (SSSR count). The van der Waals surface area contributed by atoms with Gasteiger partial charge in [-0.15, -0.1) is 11.8 Å². The molecule has 1 N–H and O–H groups in total. The van der Waals surface area contributed by atoms with Gasteiger partial charge in [0, 0.05) is 25.1 Å². The molecular formula is C16H22N2O3S. The number of hydrogen-bond acceptors (Lipinski definition) is 4. The van der Waals surface area contributed by atoms with Crippen molar-refractivity contribution in [2.24, 2.45) is 0 Å². The van der Waals surface area contributed by atoms with Crippen molar-refractivity contribution in [3.63, 3.8) is 0 Å². The normalized spacial score (nSPS) is 21.5. The third-order valence-corrected chi connectivity index (χ3v) is 5.28. The maximum absolute atomic E-state index is 12.5. The number of fused-ring (bicyclic) bond motifs is 1. The summed E-state index contributed by atoms with van der Waals surface area (Å²) in [6.45, 7) is 1.48. The number of anilines is 1. The van der Waals surface area contributed by atoms with Gasteiger partial charge in [-0.1, -0.05) is 0 Å². The van der Waals surface area contributed by atoms with Crippen molar-refractivity contribution < 1.29 is 9.53 Å².